The standard InChI is InChI=1S/C14H15ClN2O2/c1-17(10-13-6-3-7-19-13)14(18)9-16-12-5-2-4-11(15)8-12/h2-8,16H,9-10H2,1H3. The number of likely N-dealkylation sites (N-methyl/N-ethyl adjacent to an activating group) is 1. The minimum Gasteiger partial charge on any atom is -0.467 e. The number of nitrogens with zero attached hydrogens (tertiary/aromatic N) is 1. The topological polar surface area (TPSA) is 45.5 Å². The lowest BCUT2D eigenvalue weighted by Gasteiger charge is -2.16. The van der Waals surface area contributed by atoms with E-state index in [1.54, 1.807) is 36.4 Å². The van der Waals surface area contributed by atoms with Gasteiger partial charge in [-0.2, -0.15) is 0 Å². The summed E-state index contributed by atoms with van der Waals surface area (Å²) in [4.78, 5) is 13.5. The van der Waals surface area contributed by atoms with Crippen LogP contribution in [0.2, 0.25) is 5.02 Å². The normalized spacial score (nSPS) is 10.2. The lowest BCUT2D eigenvalue weighted by atomic mass is 10.3. The van der Waals surface area contributed by atoms with Crippen molar-refractivity contribution < 1.29 is 9.21 Å². The third-order valence-electron chi connectivity index (χ3n) is 2.67. The fourth-order valence-corrected chi connectivity index (χ4v) is 1.83. The molecule has 100 valence electrons. The molecule has 0 unspecified atom stereocenters. The van der Waals surface area contributed by atoms with Gasteiger partial charge in [-0.3, -0.25) is 4.79 Å². The van der Waals surface area contributed by atoms with Crippen LogP contribution in [0.4, 0.5) is 5.69 Å². The van der Waals surface area contributed by atoms with Crippen molar-refractivity contribution in [2.45, 2.75) is 6.54 Å². The smallest absolute Gasteiger partial charge is 0.242 e. The Hall–Kier alpha value is -1.94. The number of carbonyl (C=O) groups excluding carboxylic acids is 1. The molecule has 0 aliphatic heterocycles. The monoisotopic (exact) mass is 278 g/mol. The summed E-state index contributed by atoms with van der Waals surface area (Å²) in [5, 5.41) is 3.68. The van der Waals surface area contributed by atoms with Gasteiger partial charge in [0.15, 0.2) is 0 Å². The molecule has 0 bridgehead atoms. The first-order valence-electron chi connectivity index (χ1n) is 5.91. The SMILES string of the molecule is CN(Cc1ccco1)C(=O)CNc1cccc(Cl)c1. The minimum atomic E-state index is -0.0172. The Morgan fingerprint density at radius 3 is 2.89 bits per heavy atom. The van der Waals surface area contributed by atoms with Gasteiger partial charge in [-0.1, -0.05) is 17.7 Å². The molecule has 1 N–H and O–H groups in total. The van der Waals surface area contributed by atoms with E-state index in [-0.39, 0.29) is 12.5 Å². The van der Waals surface area contributed by atoms with Gasteiger partial charge in [-0.05, 0) is 30.3 Å². The van der Waals surface area contributed by atoms with Gasteiger partial charge < -0.3 is 14.6 Å². The van der Waals surface area contributed by atoms with Gasteiger partial charge in [-0.15, -0.1) is 0 Å². The number of hydrogen-bond acceptors (Lipinski definition) is 3. The highest BCUT2D eigenvalue weighted by Crippen LogP contribution is 2.14. The average molecular weight is 279 g/mol. The Bertz CT molecular complexity index is 540. The van der Waals surface area contributed by atoms with E-state index in [1.807, 2.05) is 18.2 Å². The molecule has 2 rings (SSSR count). The van der Waals surface area contributed by atoms with E-state index < -0.39 is 0 Å². The Labute approximate surface area is 117 Å². The van der Waals surface area contributed by atoms with Crippen LogP contribution < -0.4 is 5.32 Å². The number of benzene rings is 1. The predicted octanol–water partition coefficient (Wildman–Crippen LogP) is 3.00. The third kappa shape index (κ3) is 4.03. The first kappa shape index (κ1) is 13.5. The van der Waals surface area contributed by atoms with E-state index in [4.69, 9.17) is 16.0 Å². The fourth-order valence-electron chi connectivity index (χ4n) is 1.64. The summed E-state index contributed by atoms with van der Waals surface area (Å²) < 4.78 is 5.20. The van der Waals surface area contributed by atoms with Gasteiger partial charge in [0.25, 0.3) is 0 Å². The third-order valence-corrected chi connectivity index (χ3v) is 2.90. The van der Waals surface area contributed by atoms with E-state index in [1.165, 1.54) is 0 Å². The quantitative estimate of drug-likeness (QED) is 0.914. The highest BCUT2D eigenvalue weighted by Gasteiger charge is 2.10. The second-order valence-electron chi connectivity index (χ2n) is 4.19. The maximum Gasteiger partial charge on any atom is 0.242 e. The van der Waals surface area contributed by atoms with Crippen LogP contribution in [0.15, 0.2) is 47.1 Å². The van der Waals surface area contributed by atoms with E-state index >= 15 is 0 Å². The molecular formula is C14H15ClN2O2. The van der Waals surface area contributed by atoms with Gasteiger partial charge in [0.2, 0.25) is 5.91 Å². The maximum absolute atomic E-state index is 11.9. The van der Waals surface area contributed by atoms with Crippen molar-refractivity contribution >= 4 is 23.2 Å². The van der Waals surface area contributed by atoms with Crippen LogP contribution in [0.3, 0.4) is 0 Å². The van der Waals surface area contributed by atoms with Crippen LogP contribution in [-0.2, 0) is 11.3 Å². The lowest BCUT2D eigenvalue weighted by Crippen LogP contribution is -2.31. The number of hydrogen-bond donors (Lipinski definition) is 1. The first-order valence-corrected chi connectivity index (χ1v) is 6.29. The molecule has 1 aromatic carbocycles. The largest absolute Gasteiger partial charge is 0.467 e. The van der Waals surface area contributed by atoms with Crippen LogP contribution >= 0.6 is 11.6 Å². The van der Waals surface area contributed by atoms with E-state index in [0.717, 1.165) is 11.4 Å². The number of carbonyl (C=O) groups is 1. The number of halogens is 1. The Morgan fingerprint density at radius 1 is 1.37 bits per heavy atom. The Morgan fingerprint density at radius 2 is 2.21 bits per heavy atom. The molecule has 5 heteroatoms. The summed E-state index contributed by atoms with van der Waals surface area (Å²) in [5.41, 5.74) is 0.826. The molecular weight excluding hydrogens is 264 g/mol. The van der Waals surface area contributed by atoms with Crippen molar-refractivity contribution in [3.05, 3.63) is 53.4 Å². The second kappa shape index (κ2) is 6.29. The van der Waals surface area contributed by atoms with E-state index in [2.05, 4.69) is 5.32 Å². The van der Waals surface area contributed by atoms with Crippen molar-refractivity contribution in [3.63, 3.8) is 0 Å². The van der Waals surface area contributed by atoms with Crippen molar-refractivity contribution in [1.29, 1.82) is 0 Å². The van der Waals surface area contributed by atoms with E-state index in [0.29, 0.717) is 11.6 Å². The predicted molar refractivity (Wildman–Crippen MR) is 75.1 cm³/mol. The number of furan rings is 1. The zero-order chi connectivity index (χ0) is 13.7. The molecule has 0 aliphatic rings. The van der Waals surface area contributed by atoms with Gasteiger partial charge in [0, 0.05) is 17.8 Å². The zero-order valence-corrected chi connectivity index (χ0v) is 11.4. The Balaban J connectivity index is 1.84. The number of anilines is 1. The molecule has 19 heavy (non-hydrogen) atoms. The van der Waals surface area contributed by atoms with Crippen molar-refractivity contribution in [3.8, 4) is 0 Å². The first-order chi connectivity index (χ1) is 9.15. The van der Waals surface area contributed by atoms with Crippen LogP contribution in [-0.4, -0.2) is 24.4 Å². The molecule has 0 aliphatic carbocycles. The average Bonchev–Trinajstić information content (AvgIpc) is 2.89. The Kier molecular flexibility index (Phi) is 4.47. The molecule has 1 amide bonds. The maximum atomic E-state index is 11.9. The number of amides is 1. The number of rotatable bonds is 5. The van der Waals surface area contributed by atoms with Crippen LogP contribution in [0.5, 0.6) is 0 Å². The minimum absolute atomic E-state index is 0.0172. The molecule has 0 spiro atoms. The molecule has 0 fully saturated rings. The molecule has 1 heterocycles. The van der Waals surface area contributed by atoms with Crippen LogP contribution in [0, 0.1) is 0 Å². The van der Waals surface area contributed by atoms with Crippen molar-refractivity contribution in [1.82, 2.24) is 4.90 Å². The summed E-state index contributed by atoms with van der Waals surface area (Å²) in [5.74, 6) is 0.745. The molecule has 0 saturated heterocycles. The van der Waals surface area contributed by atoms with E-state index in [9.17, 15) is 4.79 Å². The molecule has 2 aromatic rings. The van der Waals surface area contributed by atoms with Crippen LogP contribution in [0.25, 0.3) is 0 Å². The molecule has 4 nitrogen and oxygen atoms in total. The summed E-state index contributed by atoms with van der Waals surface area (Å²) in [6.45, 7) is 0.681. The molecule has 0 saturated carbocycles. The molecule has 1 aromatic heterocycles. The summed E-state index contributed by atoms with van der Waals surface area (Å²) >= 11 is 5.87. The summed E-state index contributed by atoms with van der Waals surface area (Å²) in [6, 6.07) is 10.9. The highest BCUT2D eigenvalue weighted by molar-refractivity contribution is 6.30. The van der Waals surface area contributed by atoms with Gasteiger partial charge in [-0.25, -0.2) is 0 Å². The number of nitrogens with one attached hydrogen (secondary N) is 1. The summed E-state index contributed by atoms with van der Waals surface area (Å²) in [7, 11) is 1.74. The molecule has 0 radical (unpaired) electrons. The second-order valence-corrected chi connectivity index (χ2v) is 4.63. The zero-order valence-electron chi connectivity index (χ0n) is 10.6. The summed E-state index contributed by atoms with van der Waals surface area (Å²) in [6.07, 6.45) is 1.60. The van der Waals surface area contributed by atoms with Crippen molar-refractivity contribution in [2.24, 2.45) is 0 Å². The lowest BCUT2D eigenvalue weighted by molar-refractivity contribution is -0.128. The van der Waals surface area contributed by atoms with Crippen molar-refractivity contribution in [2.75, 3.05) is 18.9 Å². The van der Waals surface area contributed by atoms with Gasteiger partial charge in [0.1, 0.15) is 5.76 Å². The van der Waals surface area contributed by atoms with Gasteiger partial charge >= 0.3 is 0 Å². The van der Waals surface area contributed by atoms with Crippen LogP contribution in [0.1, 0.15) is 5.76 Å². The van der Waals surface area contributed by atoms with Gasteiger partial charge in [0.05, 0.1) is 19.4 Å². The molecule has 0 atom stereocenters. The fraction of sp³-hybridized carbons (Fsp3) is 0.214. The highest BCUT2D eigenvalue weighted by atomic mass is 35.5.